The minimum Gasteiger partial charge on any atom is -0.496 e. The molecule has 1 aliphatic heterocycles. The van der Waals surface area contributed by atoms with Gasteiger partial charge in [-0.1, -0.05) is 23.7 Å². The molecule has 0 N–H and O–H groups in total. The Morgan fingerprint density at radius 3 is 2.38 bits per heavy atom. The molecule has 1 aliphatic rings. The lowest BCUT2D eigenvalue weighted by atomic mass is 10.1. The summed E-state index contributed by atoms with van der Waals surface area (Å²) >= 11 is 6.02. The maximum Gasteiger partial charge on any atom is 0.231 e. The molecule has 0 saturated heterocycles. The number of allylic oxidation sites excluding steroid dienone is 1. The summed E-state index contributed by atoms with van der Waals surface area (Å²) in [5, 5.41) is 0.648. The topological polar surface area (TPSA) is 63.2 Å². The van der Waals surface area contributed by atoms with Crippen LogP contribution in [0.25, 0.3) is 6.08 Å². The Labute approximate surface area is 190 Å². The van der Waals surface area contributed by atoms with Gasteiger partial charge >= 0.3 is 0 Å². The number of benzene rings is 3. The first kappa shape index (κ1) is 21.6. The Morgan fingerprint density at radius 2 is 1.66 bits per heavy atom. The normalized spacial score (nSPS) is 13.5. The fraction of sp³-hybridized carbons (Fsp3) is 0.160. The highest BCUT2D eigenvalue weighted by molar-refractivity contribution is 6.30. The maximum atomic E-state index is 12.9. The summed E-state index contributed by atoms with van der Waals surface area (Å²) in [4.78, 5) is 12.9. The fourth-order valence-electron chi connectivity index (χ4n) is 3.36. The van der Waals surface area contributed by atoms with Crippen molar-refractivity contribution in [3.8, 4) is 28.7 Å². The van der Waals surface area contributed by atoms with Crippen LogP contribution in [-0.4, -0.2) is 27.1 Å². The lowest BCUT2D eigenvalue weighted by Gasteiger charge is -2.12. The molecule has 0 atom stereocenters. The van der Waals surface area contributed by atoms with E-state index in [0.29, 0.717) is 51.5 Å². The van der Waals surface area contributed by atoms with E-state index >= 15 is 0 Å². The number of carbonyl (C=O) groups excluding carboxylic acids is 1. The van der Waals surface area contributed by atoms with Crippen molar-refractivity contribution in [1.29, 1.82) is 0 Å². The second-order valence-corrected chi connectivity index (χ2v) is 7.40. The van der Waals surface area contributed by atoms with Crippen LogP contribution in [0.5, 0.6) is 28.7 Å². The molecular formula is C25H21ClO6. The highest BCUT2D eigenvalue weighted by atomic mass is 35.5. The summed E-state index contributed by atoms with van der Waals surface area (Å²) in [6.07, 6.45) is 1.62. The van der Waals surface area contributed by atoms with Gasteiger partial charge in [0.05, 0.1) is 26.9 Å². The maximum absolute atomic E-state index is 12.9. The number of methoxy groups -OCH3 is 3. The molecule has 0 fully saturated rings. The van der Waals surface area contributed by atoms with E-state index in [0.717, 1.165) is 5.56 Å². The summed E-state index contributed by atoms with van der Waals surface area (Å²) in [6.45, 7) is 0.346. The van der Waals surface area contributed by atoms with Crippen LogP contribution >= 0.6 is 11.6 Å². The molecule has 6 nitrogen and oxygen atoms in total. The predicted molar refractivity (Wildman–Crippen MR) is 121 cm³/mol. The molecule has 0 amide bonds. The summed E-state index contributed by atoms with van der Waals surface area (Å²) in [7, 11) is 4.62. The first-order valence-electron chi connectivity index (χ1n) is 9.78. The zero-order valence-electron chi connectivity index (χ0n) is 17.8. The second kappa shape index (κ2) is 9.24. The third-order valence-electron chi connectivity index (χ3n) is 4.96. The third-order valence-corrected chi connectivity index (χ3v) is 5.19. The Hall–Kier alpha value is -3.64. The van der Waals surface area contributed by atoms with Gasteiger partial charge in [0.2, 0.25) is 5.78 Å². The number of halogens is 1. The van der Waals surface area contributed by atoms with Gasteiger partial charge in [-0.25, -0.2) is 0 Å². The first-order chi connectivity index (χ1) is 15.5. The molecule has 0 radical (unpaired) electrons. The van der Waals surface area contributed by atoms with Crippen molar-refractivity contribution >= 4 is 23.5 Å². The SMILES string of the molecule is COc1cc(OC)c(OC)cc1/C=C1\Oc2cc(OCc3cccc(Cl)c3)ccc2C1=O. The average Bonchev–Trinajstić information content (AvgIpc) is 3.11. The second-order valence-electron chi connectivity index (χ2n) is 6.97. The predicted octanol–water partition coefficient (Wildman–Crippen LogP) is 5.56. The highest BCUT2D eigenvalue weighted by Crippen LogP contribution is 2.39. The molecule has 0 spiro atoms. The standard InChI is InChI=1S/C25H21ClO6/c1-28-20-13-23(30-3)22(29-2)10-16(20)11-24-25(27)19-8-7-18(12-21(19)32-24)31-14-15-5-4-6-17(26)9-15/h4-13H,14H2,1-3H3/b24-11-. The van der Waals surface area contributed by atoms with Crippen LogP contribution in [0.1, 0.15) is 21.5 Å². The first-order valence-corrected chi connectivity index (χ1v) is 10.2. The number of rotatable bonds is 7. The Morgan fingerprint density at radius 1 is 0.906 bits per heavy atom. The lowest BCUT2D eigenvalue weighted by molar-refractivity contribution is 0.101. The van der Waals surface area contributed by atoms with Crippen molar-refractivity contribution in [1.82, 2.24) is 0 Å². The zero-order valence-corrected chi connectivity index (χ0v) is 18.6. The van der Waals surface area contributed by atoms with Gasteiger partial charge in [0.25, 0.3) is 0 Å². The van der Waals surface area contributed by atoms with Gasteiger partial charge in [-0.05, 0) is 42.0 Å². The minimum atomic E-state index is -0.224. The monoisotopic (exact) mass is 452 g/mol. The van der Waals surface area contributed by atoms with Gasteiger partial charge < -0.3 is 23.7 Å². The molecule has 0 bridgehead atoms. The van der Waals surface area contributed by atoms with Crippen molar-refractivity contribution in [2.75, 3.05) is 21.3 Å². The number of ether oxygens (including phenoxy) is 5. The largest absolute Gasteiger partial charge is 0.496 e. The Balaban J connectivity index is 1.57. The summed E-state index contributed by atoms with van der Waals surface area (Å²) < 4.78 is 27.8. The molecule has 4 rings (SSSR count). The zero-order chi connectivity index (χ0) is 22.7. The van der Waals surface area contributed by atoms with Crippen LogP contribution in [0.3, 0.4) is 0 Å². The van der Waals surface area contributed by atoms with E-state index in [2.05, 4.69) is 0 Å². The molecule has 0 aliphatic carbocycles. The van der Waals surface area contributed by atoms with E-state index < -0.39 is 0 Å². The van der Waals surface area contributed by atoms with Crippen LogP contribution in [0.2, 0.25) is 5.02 Å². The van der Waals surface area contributed by atoms with Crippen LogP contribution in [0.4, 0.5) is 0 Å². The average molecular weight is 453 g/mol. The molecule has 0 aromatic heterocycles. The van der Waals surface area contributed by atoms with Crippen molar-refractivity contribution in [2.24, 2.45) is 0 Å². The number of hydrogen-bond acceptors (Lipinski definition) is 6. The van der Waals surface area contributed by atoms with Gasteiger partial charge in [-0.3, -0.25) is 4.79 Å². The number of Topliss-reactive ketones (excluding diaryl/α,β-unsaturated/α-hetero) is 1. The molecule has 3 aromatic rings. The molecule has 0 saturated carbocycles. The van der Waals surface area contributed by atoms with Crippen LogP contribution < -0.4 is 23.7 Å². The molecule has 7 heteroatoms. The molecule has 0 unspecified atom stereocenters. The van der Waals surface area contributed by atoms with E-state index in [4.69, 9.17) is 35.3 Å². The summed E-state index contributed by atoms with van der Waals surface area (Å²) in [6, 6.07) is 16.0. The highest BCUT2D eigenvalue weighted by Gasteiger charge is 2.28. The fourth-order valence-corrected chi connectivity index (χ4v) is 3.57. The van der Waals surface area contributed by atoms with Crippen molar-refractivity contribution in [2.45, 2.75) is 6.61 Å². The van der Waals surface area contributed by atoms with Gasteiger partial charge in [0.15, 0.2) is 17.3 Å². The van der Waals surface area contributed by atoms with E-state index in [-0.39, 0.29) is 11.5 Å². The lowest BCUT2D eigenvalue weighted by Crippen LogP contribution is -2.00. The number of ketones is 1. The molecule has 3 aromatic carbocycles. The molecular weight excluding hydrogens is 432 g/mol. The quantitative estimate of drug-likeness (QED) is 0.437. The van der Waals surface area contributed by atoms with Gasteiger partial charge in [0, 0.05) is 22.7 Å². The van der Waals surface area contributed by atoms with Crippen LogP contribution in [0, 0.1) is 0 Å². The van der Waals surface area contributed by atoms with E-state index in [1.807, 2.05) is 18.2 Å². The third kappa shape index (κ3) is 4.36. The van der Waals surface area contributed by atoms with E-state index in [9.17, 15) is 4.79 Å². The molecule has 1 heterocycles. The van der Waals surface area contributed by atoms with Gasteiger partial charge in [0.1, 0.15) is 23.9 Å². The Kier molecular flexibility index (Phi) is 6.23. The number of carbonyl (C=O) groups is 1. The smallest absolute Gasteiger partial charge is 0.231 e. The van der Waals surface area contributed by atoms with Crippen molar-refractivity contribution in [3.63, 3.8) is 0 Å². The van der Waals surface area contributed by atoms with Crippen molar-refractivity contribution in [3.05, 3.63) is 82.1 Å². The molecule has 32 heavy (non-hydrogen) atoms. The summed E-state index contributed by atoms with van der Waals surface area (Å²) in [5.41, 5.74) is 2.03. The van der Waals surface area contributed by atoms with Gasteiger partial charge in [-0.15, -0.1) is 0 Å². The van der Waals surface area contributed by atoms with E-state index in [1.165, 1.54) is 0 Å². The Bertz CT molecular complexity index is 1200. The van der Waals surface area contributed by atoms with E-state index in [1.54, 1.807) is 63.8 Å². The van der Waals surface area contributed by atoms with Crippen LogP contribution in [-0.2, 0) is 6.61 Å². The minimum absolute atomic E-state index is 0.178. The molecule has 164 valence electrons. The summed E-state index contributed by atoms with van der Waals surface area (Å²) in [5.74, 6) is 2.53. The van der Waals surface area contributed by atoms with Crippen molar-refractivity contribution < 1.29 is 28.5 Å². The van der Waals surface area contributed by atoms with Crippen LogP contribution in [0.15, 0.2) is 60.4 Å². The number of hydrogen-bond donors (Lipinski definition) is 0. The number of fused-ring (bicyclic) bond motifs is 1. The van der Waals surface area contributed by atoms with Gasteiger partial charge in [-0.2, -0.15) is 0 Å².